The van der Waals surface area contributed by atoms with Crippen LogP contribution in [0.3, 0.4) is 0 Å². The monoisotopic (exact) mass is 509 g/mol. The molecule has 11 heteroatoms. The Morgan fingerprint density at radius 3 is 2.69 bits per heavy atom. The first-order valence-electron chi connectivity index (χ1n) is 11.6. The minimum atomic E-state index is -3.64. The number of nitrogens with one attached hydrogen (secondary N) is 1. The molecule has 1 aromatic carbocycles. The second-order valence-electron chi connectivity index (χ2n) is 9.09. The van der Waals surface area contributed by atoms with Gasteiger partial charge in [-0.25, -0.2) is 17.7 Å². The van der Waals surface area contributed by atoms with Gasteiger partial charge in [0.15, 0.2) is 5.69 Å². The molecule has 10 nitrogen and oxygen atoms in total. The SMILES string of the molecule is Cc1ccc(S(=O)(=O)N(C)C)cc1-c1ccc(N)c(C(=O)Nc2cnccc2N2CCC[C@H](N)C2)n1. The van der Waals surface area contributed by atoms with E-state index in [-0.39, 0.29) is 22.3 Å². The van der Waals surface area contributed by atoms with Crippen LogP contribution in [-0.4, -0.2) is 61.8 Å². The Labute approximate surface area is 211 Å². The van der Waals surface area contributed by atoms with Crippen LogP contribution in [0.1, 0.15) is 28.9 Å². The number of hydrogen-bond acceptors (Lipinski definition) is 8. The van der Waals surface area contributed by atoms with Gasteiger partial charge in [0.2, 0.25) is 10.0 Å². The first kappa shape index (κ1) is 25.5. The van der Waals surface area contributed by atoms with Crippen LogP contribution in [0.4, 0.5) is 17.1 Å². The first-order chi connectivity index (χ1) is 17.1. The highest BCUT2D eigenvalue weighted by Crippen LogP contribution is 2.30. The molecule has 1 fully saturated rings. The van der Waals surface area contributed by atoms with Gasteiger partial charge in [-0.1, -0.05) is 6.07 Å². The van der Waals surface area contributed by atoms with Gasteiger partial charge in [-0.2, -0.15) is 0 Å². The average molecular weight is 510 g/mol. The maximum Gasteiger partial charge on any atom is 0.276 e. The molecule has 4 rings (SSSR count). The molecule has 1 saturated heterocycles. The fourth-order valence-corrected chi connectivity index (χ4v) is 5.15. The van der Waals surface area contributed by atoms with Gasteiger partial charge < -0.3 is 21.7 Å². The molecule has 5 N–H and O–H groups in total. The van der Waals surface area contributed by atoms with Crippen molar-refractivity contribution in [2.45, 2.75) is 30.7 Å². The minimum absolute atomic E-state index is 0.0397. The zero-order chi connectivity index (χ0) is 26.0. The fraction of sp³-hybridized carbons (Fsp3) is 0.320. The van der Waals surface area contributed by atoms with Crippen molar-refractivity contribution in [3.8, 4) is 11.3 Å². The summed E-state index contributed by atoms with van der Waals surface area (Å²) in [5.41, 5.74) is 15.7. The summed E-state index contributed by atoms with van der Waals surface area (Å²) in [4.78, 5) is 24.3. The highest BCUT2D eigenvalue weighted by atomic mass is 32.2. The van der Waals surface area contributed by atoms with E-state index >= 15 is 0 Å². The van der Waals surface area contributed by atoms with Crippen molar-refractivity contribution >= 4 is 33.0 Å². The van der Waals surface area contributed by atoms with Crippen LogP contribution < -0.4 is 21.7 Å². The van der Waals surface area contributed by atoms with Crippen molar-refractivity contribution < 1.29 is 13.2 Å². The van der Waals surface area contributed by atoms with Gasteiger partial charge >= 0.3 is 0 Å². The smallest absolute Gasteiger partial charge is 0.276 e. The topological polar surface area (TPSA) is 148 Å². The number of anilines is 3. The van der Waals surface area contributed by atoms with E-state index in [2.05, 4.69) is 20.2 Å². The van der Waals surface area contributed by atoms with Crippen LogP contribution in [0.5, 0.6) is 0 Å². The van der Waals surface area contributed by atoms with Gasteiger partial charge in [-0.05, 0) is 55.7 Å². The van der Waals surface area contributed by atoms with Gasteiger partial charge in [-0.15, -0.1) is 0 Å². The van der Waals surface area contributed by atoms with E-state index in [0.717, 1.165) is 34.9 Å². The summed E-state index contributed by atoms with van der Waals surface area (Å²) < 4.78 is 26.4. The van der Waals surface area contributed by atoms with Gasteiger partial charge in [0.1, 0.15) is 0 Å². The molecule has 1 aliphatic heterocycles. The molecule has 190 valence electrons. The Balaban J connectivity index is 1.67. The number of nitrogens with two attached hydrogens (primary N) is 2. The number of aromatic nitrogens is 2. The number of pyridine rings is 2. The first-order valence-corrected chi connectivity index (χ1v) is 13.1. The molecule has 0 radical (unpaired) electrons. The van der Waals surface area contributed by atoms with Gasteiger partial charge in [0.05, 0.1) is 33.8 Å². The fourth-order valence-electron chi connectivity index (χ4n) is 4.22. The van der Waals surface area contributed by atoms with Crippen LogP contribution in [0.15, 0.2) is 53.7 Å². The predicted octanol–water partition coefficient (Wildman–Crippen LogP) is 2.46. The second kappa shape index (κ2) is 10.2. The average Bonchev–Trinajstić information content (AvgIpc) is 2.85. The van der Waals surface area contributed by atoms with E-state index in [4.69, 9.17) is 11.5 Å². The Kier molecular flexibility index (Phi) is 7.25. The van der Waals surface area contributed by atoms with E-state index in [1.807, 2.05) is 13.0 Å². The molecule has 0 spiro atoms. The summed E-state index contributed by atoms with van der Waals surface area (Å²) >= 11 is 0. The summed E-state index contributed by atoms with van der Waals surface area (Å²) in [6, 6.07) is 10.0. The van der Waals surface area contributed by atoms with E-state index in [0.29, 0.717) is 23.5 Å². The molecule has 0 aliphatic carbocycles. The number of hydrogen-bond donors (Lipinski definition) is 3. The van der Waals surface area contributed by atoms with Crippen molar-refractivity contribution in [3.63, 3.8) is 0 Å². The number of benzene rings is 1. The maximum absolute atomic E-state index is 13.3. The summed E-state index contributed by atoms with van der Waals surface area (Å²) in [7, 11) is -0.687. The number of piperidine rings is 1. The number of amides is 1. The van der Waals surface area contributed by atoms with Crippen molar-refractivity contribution in [2.24, 2.45) is 5.73 Å². The third-order valence-electron chi connectivity index (χ3n) is 6.25. The van der Waals surface area contributed by atoms with E-state index in [9.17, 15) is 13.2 Å². The lowest BCUT2D eigenvalue weighted by Gasteiger charge is -2.33. The molecule has 0 bridgehead atoms. The Bertz CT molecular complexity index is 1390. The minimum Gasteiger partial charge on any atom is -0.397 e. The number of carbonyl (C=O) groups excluding carboxylic acids is 1. The molecule has 1 aliphatic rings. The lowest BCUT2D eigenvalue weighted by Crippen LogP contribution is -2.43. The number of nitrogens with zero attached hydrogens (tertiary/aromatic N) is 4. The van der Waals surface area contributed by atoms with Gasteiger partial charge in [-0.3, -0.25) is 9.78 Å². The van der Waals surface area contributed by atoms with Crippen LogP contribution in [0.2, 0.25) is 0 Å². The molecular formula is C25H31N7O3S. The normalized spacial score (nSPS) is 16.2. The lowest BCUT2D eigenvalue weighted by atomic mass is 10.0. The third kappa shape index (κ3) is 5.18. The highest BCUT2D eigenvalue weighted by molar-refractivity contribution is 7.89. The molecule has 36 heavy (non-hydrogen) atoms. The molecule has 2 aromatic heterocycles. The van der Waals surface area contributed by atoms with Gasteiger partial charge in [0, 0.05) is 45.0 Å². The molecule has 1 amide bonds. The zero-order valence-corrected chi connectivity index (χ0v) is 21.4. The lowest BCUT2D eigenvalue weighted by molar-refractivity contribution is 0.102. The van der Waals surface area contributed by atoms with E-state index in [1.165, 1.54) is 14.1 Å². The number of rotatable bonds is 6. The van der Waals surface area contributed by atoms with Crippen molar-refractivity contribution in [1.29, 1.82) is 0 Å². The van der Waals surface area contributed by atoms with Gasteiger partial charge in [0.25, 0.3) is 5.91 Å². The summed E-state index contributed by atoms with van der Waals surface area (Å²) in [6.07, 6.45) is 5.20. The summed E-state index contributed by atoms with van der Waals surface area (Å²) in [5.74, 6) is -0.486. The van der Waals surface area contributed by atoms with Crippen LogP contribution in [-0.2, 0) is 10.0 Å². The van der Waals surface area contributed by atoms with Crippen LogP contribution in [0, 0.1) is 6.92 Å². The quantitative estimate of drug-likeness (QED) is 0.459. The standard InChI is InChI=1S/C25H31N7O3S/c1-16-6-7-18(36(34,35)31(2)3)13-19(16)21-9-8-20(27)24(29-21)25(33)30-22-14-28-11-10-23(22)32-12-4-5-17(26)15-32/h6-11,13-14,17H,4-5,12,15,26-27H2,1-3H3,(H,30,33)/t17-/m0/s1. The molecular weight excluding hydrogens is 478 g/mol. The molecule has 3 heterocycles. The van der Waals surface area contributed by atoms with Crippen LogP contribution in [0.25, 0.3) is 11.3 Å². The van der Waals surface area contributed by atoms with E-state index < -0.39 is 15.9 Å². The molecule has 0 saturated carbocycles. The highest BCUT2D eigenvalue weighted by Gasteiger charge is 2.23. The number of carbonyl (C=O) groups is 1. The van der Waals surface area contributed by atoms with Crippen LogP contribution >= 0.6 is 0 Å². The van der Waals surface area contributed by atoms with E-state index in [1.54, 1.807) is 42.7 Å². The Morgan fingerprint density at radius 1 is 1.19 bits per heavy atom. The number of sulfonamides is 1. The predicted molar refractivity (Wildman–Crippen MR) is 141 cm³/mol. The van der Waals surface area contributed by atoms with Crippen molar-refractivity contribution in [1.82, 2.24) is 14.3 Å². The summed E-state index contributed by atoms with van der Waals surface area (Å²) in [6.45, 7) is 3.38. The molecule has 3 aromatic rings. The molecule has 0 unspecified atom stereocenters. The maximum atomic E-state index is 13.3. The van der Waals surface area contributed by atoms with Crippen molar-refractivity contribution in [2.75, 3.05) is 43.1 Å². The Hall–Kier alpha value is -3.54. The largest absolute Gasteiger partial charge is 0.397 e. The number of nitrogen functional groups attached to an aromatic ring is 1. The Morgan fingerprint density at radius 2 is 1.97 bits per heavy atom. The zero-order valence-electron chi connectivity index (χ0n) is 20.6. The second-order valence-corrected chi connectivity index (χ2v) is 11.2. The number of aryl methyl sites for hydroxylation is 1. The molecule has 1 atom stereocenters. The van der Waals surface area contributed by atoms with Crippen molar-refractivity contribution in [3.05, 3.63) is 60.0 Å². The summed E-state index contributed by atoms with van der Waals surface area (Å²) in [5, 5.41) is 2.89. The third-order valence-corrected chi connectivity index (χ3v) is 8.06.